The van der Waals surface area contributed by atoms with Gasteiger partial charge in [0, 0.05) is 52.9 Å². The summed E-state index contributed by atoms with van der Waals surface area (Å²) in [5.41, 5.74) is 1.21. The fraction of sp³-hybridized carbons (Fsp3) is 0.636. The second-order valence-electron chi connectivity index (χ2n) is 8.14. The van der Waals surface area contributed by atoms with E-state index in [2.05, 4.69) is 33.1 Å². The minimum atomic E-state index is -0.0359. The van der Waals surface area contributed by atoms with E-state index in [4.69, 9.17) is 9.47 Å². The highest BCUT2D eigenvalue weighted by Gasteiger charge is 2.30. The lowest BCUT2D eigenvalue weighted by molar-refractivity contribution is -0.135. The first kappa shape index (κ1) is 23.9. The van der Waals surface area contributed by atoms with Gasteiger partial charge in [0.1, 0.15) is 0 Å². The molecule has 1 amide bonds. The number of amides is 1. The zero-order chi connectivity index (χ0) is 20.9. The molecule has 0 spiro atoms. The van der Waals surface area contributed by atoms with Crippen molar-refractivity contribution in [2.45, 2.75) is 32.2 Å². The number of aliphatic imine (C=N–C) groups is 1. The molecule has 1 aromatic carbocycles. The van der Waals surface area contributed by atoms with Crippen LogP contribution < -0.4 is 14.8 Å². The number of nitrogens with one attached hydrogen (secondary N) is 1. The Labute approximate surface area is 202 Å². The number of hydrogen-bond acceptors (Lipinski definition) is 5. The molecule has 8 nitrogen and oxygen atoms in total. The van der Waals surface area contributed by atoms with Crippen molar-refractivity contribution in [2.24, 2.45) is 4.99 Å². The summed E-state index contributed by atoms with van der Waals surface area (Å²) in [5, 5.41) is 3.48. The molecule has 0 saturated carbocycles. The third-order valence-electron chi connectivity index (χ3n) is 6.28. The molecule has 3 heterocycles. The number of fused-ring (bicyclic) bond motifs is 1. The summed E-state index contributed by atoms with van der Waals surface area (Å²) in [4.78, 5) is 23.7. The van der Waals surface area contributed by atoms with Gasteiger partial charge in [0.25, 0.3) is 0 Å². The van der Waals surface area contributed by atoms with E-state index in [1.807, 2.05) is 24.1 Å². The summed E-state index contributed by atoms with van der Waals surface area (Å²) in [6.07, 6.45) is 3.16. The maximum Gasteiger partial charge on any atom is 0.239 e. The van der Waals surface area contributed by atoms with Gasteiger partial charge in [-0.25, -0.2) is 0 Å². The zero-order valence-electron chi connectivity index (χ0n) is 18.5. The Kier molecular flexibility index (Phi) is 8.65. The van der Waals surface area contributed by atoms with Crippen LogP contribution in [-0.2, 0) is 11.2 Å². The maximum atomic E-state index is 12.7. The highest BCUT2D eigenvalue weighted by Crippen LogP contribution is 2.32. The number of halogens is 1. The largest absolute Gasteiger partial charge is 0.454 e. The first-order valence-electron chi connectivity index (χ1n) is 11.0. The molecular weight excluding hydrogens is 509 g/mol. The molecule has 1 aromatic rings. The van der Waals surface area contributed by atoms with Gasteiger partial charge in [0.05, 0.1) is 6.04 Å². The number of ether oxygens (including phenoxy) is 2. The van der Waals surface area contributed by atoms with Crippen molar-refractivity contribution in [3.63, 3.8) is 0 Å². The zero-order valence-corrected chi connectivity index (χ0v) is 20.8. The van der Waals surface area contributed by atoms with Crippen molar-refractivity contribution in [3.05, 3.63) is 23.8 Å². The van der Waals surface area contributed by atoms with Crippen LogP contribution in [0.5, 0.6) is 11.5 Å². The second kappa shape index (κ2) is 11.2. The first-order valence-corrected chi connectivity index (χ1v) is 11.0. The standard InChI is InChI=1S/C22H33N5O3.HI/c1-17(21(28)26-9-3-4-10-26)25-11-13-27(14-12-25)22(23-2)24-8-7-18-5-6-19-20(15-18)30-16-29-19;/h5-6,15,17H,3-4,7-14,16H2,1-2H3,(H,23,24);1H. The maximum absolute atomic E-state index is 12.7. The average Bonchev–Trinajstić information content (AvgIpc) is 3.48. The van der Waals surface area contributed by atoms with Gasteiger partial charge in [-0.1, -0.05) is 6.07 Å². The Hall–Kier alpha value is -1.75. The minimum absolute atomic E-state index is 0. The van der Waals surface area contributed by atoms with Gasteiger partial charge in [-0.3, -0.25) is 14.7 Å². The van der Waals surface area contributed by atoms with Crippen molar-refractivity contribution in [2.75, 3.05) is 59.7 Å². The Bertz CT molecular complexity index is 776. The third kappa shape index (κ3) is 5.74. The molecule has 1 atom stereocenters. The molecule has 0 radical (unpaired) electrons. The number of likely N-dealkylation sites (tertiary alicyclic amines) is 1. The van der Waals surface area contributed by atoms with Crippen LogP contribution >= 0.6 is 24.0 Å². The number of hydrogen-bond donors (Lipinski definition) is 1. The van der Waals surface area contributed by atoms with E-state index in [0.717, 1.165) is 82.5 Å². The van der Waals surface area contributed by atoms with E-state index in [0.29, 0.717) is 6.79 Å². The number of benzene rings is 1. The van der Waals surface area contributed by atoms with E-state index in [9.17, 15) is 4.79 Å². The van der Waals surface area contributed by atoms with E-state index in [1.54, 1.807) is 0 Å². The SMILES string of the molecule is CN=C(NCCc1ccc2c(c1)OCO2)N1CCN(C(C)C(=O)N2CCCC2)CC1.I. The van der Waals surface area contributed by atoms with Crippen LogP contribution in [0.15, 0.2) is 23.2 Å². The molecule has 0 aromatic heterocycles. The summed E-state index contributed by atoms with van der Waals surface area (Å²) in [6, 6.07) is 6.06. The number of carbonyl (C=O) groups is 1. The molecule has 1 N–H and O–H groups in total. The number of carbonyl (C=O) groups excluding carboxylic acids is 1. The molecule has 3 aliphatic heterocycles. The van der Waals surface area contributed by atoms with Gasteiger partial charge in [-0.15, -0.1) is 24.0 Å². The fourth-order valence-electron chi connectivity index (χ4n) is 4.43. The van der Waals surface area contributed by atoms with Gasteiger partial charge >= 0.3 is 0 Å². The normalized spacial score (nSPS) is 19.9. The van der Waals surface area contributed by atoms with E-state index < -0.39 is 0 Å². The van der Waals surface area contributed by atoms with E-state index >= 15 is 0 Å². The molecule has 2 saturated heterocycles. The van der Waals surface area contributed by atoms with Gasteiger partial charge in [-0.2, -0.15) is 0 Å². The third-order valence-corrected chi connectivity index (χ3v) is 6.28. The summed E-state index contributed by atoms with van der Waals surface area (Å²) < 4.78 is 10.8. The number of piperazine rings is 1. The summed E-state index contributed by atoms with van der Waals surface area (Å²) >= 11 is 0. The molecule has 3 aliphatic rings. The summed E-state index contributed by atoms with van der Waals surface area (Å²) in [5.74, 6) is 2.85. The number of nitrogens with zero attached hydrogens (tertiary/aromatic N) is 4. The van der Waals surface area contributed by atoms with Crippen LogP contribution in [0, 0.1) is 0 Å². The van der Waals surface area contributed by atoms with E-state index in [1.165, 1.54) is 5.56 Å². The Morgan fingerprint density at radius 2 is 1.77 bits per heavy atom. The molecule has 172 valence electrons. The molecule has 0 bridgehead atoms. The topological polar surface area (TPSA) is 69.6 Å². The number of guanidine groups is 1. The van der Waals surface area contributed by atoms with Gasteiger partial charge < -0.3 is 24.6 Å². The first-order chi connectivity index (χ1) is 14.7. The highest BCUT2D eigenvalue weighted by atomic mass is 127. The van der Waals surface area contributed by atoms with Crippen LogP contribution in [0.2, 0.25) is 0 Å². The Balaban J connectivity index is 0.00000272. The molecule has 31 heavy (non-hydrogen) atoms. The summed E-state index contributed by atoms with van der Waals surface area (Å²) in [6.45, 7) is 8.50. The second-order valence-corrected chi connectivity index (χ2v) is 8.14. The lowest BCUT2D eigenvalue weighted by Gasteiger charge is -2.39. The van der Waals surface area contributed by atoms with Crippen molar-refractivity contribution in [3.8, 4) is 11.5 Å². The quantitative estimate of drug-likeness (QED) is 0.347. The monoisotopic (exact) mass is 543 g/mol. The predicted octanol–water partition coefficient (Wildman–Crippen LogP) is 1.78. The fourth-order valence-corrected chi connectivity index (χ4v) is 4.43. The van der Waals surface area contributed by atoms with Gasteiger partial charge in [0.2, 0.25) is 12.7 Å². The molecule has 0 aliphatic carbocycles. The number of rotatable bonds is 5. The Morgan fingerprint density at radius 1 is 1.06 bits per heavy atom. The van der Waals surface area contributed by atoms with Crippen LogP contribution in [0.25, 0.3) is 0 Å². The van der Waals surface area contributed by atoms with Crippen molar-refractivity contribution in [1.29, 1.82) is 0 Å². The lowest BCUT2D eigenvalue weighted by Crippen LogP contribution is -2.57. The molecular formula is C22H34IN5O3. The average molecular weight is 543 g/mol. The molecule has 9 heteroatoms. The molecule has 2 fully saturated rings. The van der Waals surface area contributed by atoms with Crippen molar-refractivity contribution >= 4 is 35.8 Å². The van der Waals surface area contributed by atoms with Crippen molar-refractivity contribution < 1.29 is 14.3 Å². The summed E-state index contributed by atoms with van der Waals surface area (Å²) in [7, 11) is 1.83. The Morgan fingerprint density at radius 3 is 2.48 bits per heavy atom. The van der Waals surface area contributed by atoms with Crippen LogP contribution in [0.3, 0.4) is 0 Å². The van der Waals surface area contributed by atoms with Gasteiger partial charge in [-0.05, 0) is 43.9 Å². The minimum Gasteiger partial charge on any atom is -0.454 e. The highest BCUT2D eigenvalue weighted by molar-refractivity contribution is 14.0. The molecule has 4 rings (SSSR count). The van der Waals surface area contributed by atoms with Gasteiger partial charge in [0.15, 0.2) is 17.5 Å². The molecule has 1 unspecified atom stereocenters. The van der Waals surface area contributed by atoms with Crippen LogP contribution in [-0.4, -0.2) is 92.3 Å². The smallest absolute Gasteiger partial charge is 0.239 e. The predicted molar refractivity (Wildman–Crippen MR) is 131 cm³/mol. The van der Waals surface area contributed by atoms with Crippen molar-refractivity contribution in [1.82, 2.24) is 20.0 Å². The van der Waals surface area contributed by atoms with Crippen LogP contribution in [0.4, 0.5) is 0 Å². The lowest BCUT2D eigenvalue weighted by atomic mass is 10.1. The van der Waals surface area contributed by atoms with Crippen LogP contribution in [0.1, 0.15) is 25.3 Å². The van der Waals surface area contributed by atoms with E-state index in [-0.39, 0.29) is 35.9 Å².